The van der Waals surface area contributed by atoms with Gasteiger partial charge in [-0.15, -0.1) is 0 Å². The number of rotatable bonds is 18. The molecule has 0 aromatic carbocycles. The summed E-state index contributed by atoms with van der Waals surface area (Å²) in [7, 11) is 2.28. The molecule has 0 saturated carbocycles. The highest BCUT2D eigenvalue weighted by Crippen LogP contribution is 2.13. The second-order valence-electron chi connectivity index (χ2n) is 7.25. The summed E-state index contributed by atoms with van der Waals surface area (Å²) in [6, 6.07) is 0. The van der Waals surface area contributed by atoms with Crippen molar-refractivity contribution in [3.63, 3.8) is 0 Å². The molecule has 0 amide bonds. The molecule has 0 atom stereocenters. The Hall–Kier alpha value is -0.0400. The highest BCUT2D eigenvalue weighted by atomic mass is 15.1. The van der Waals surface area contributed by atoms with Crippen LogP contribution in [0, 0.1) is 0 Å². The summed E-state index contributed by atoms with van der Waals surface area (Å²) in [6.07, 6.45) is 23.1. The van der Waals surface area contributed by atoms with Crippen molar-refractivity contribution in [3.05, 3.63) is 0 Å². The van der Waals surface area contributed by atoms with E-state index in [4.69, 9.17) is 0 Å². The fraction of sp³-hybridized carbons (Fsp3) is 1.00. The van der Waals surface area contributed by atoms with Gasteiger partial charge in [0.15, 0.2) is 0 Å². The molecule has 1 nitrogen and oxygen atoms in total. The van der Waals surface area contributed by atoms with Gasteiger partial charge >= 0.3 is 0 Å². The van der Waals surface area contributed by atoms with E-state index in [0.717, 1.165) is 0 Å². The Kier molecular flexibility index (Phi) is 19.0. The zero-order valence-corrected chi connectivity index (χ0v) is 16.2. The van der Waals surface area contributed by atoms with Gasteiger partial charge in [-0.25, -0.2) is 0 Å². The van der Waals surface area contributed by atoms with Crippen LogP contribution < -0.4 is 0 Å². The van der Waals surface area contributed by atoms with Crippen molar-refractivity contribution in [1.82, 2.24) is 4.90 Å². The molecule has 0 saturated heterocycles. The topological polar surface area (TPSA) is 3.24 Å². The smallest absolute Gasteiger partial charge is 0.00218 e. The van der Waals surface area contributed by atoms with Crippen LogP contribution in [0.3, 0.4) is 0 Å². The lowest BCUT2D eigenvalue weighted by atomic mass is 10.0. The van der Waals surface area contributed by atoms with Crippen LogP contribution in [-0.2, 0) is 0 Å². The standard InChI is InChI=1S/C21H45N/c1-4-6-8-9-10-11-12-13-14-15-16-17-18-19-21-22(3)20-7-5-2/h4-21H2,1-3H3. The highest BCUT2D eigenvalue weighted by Gasteiger charge is 1.97. The van der Waals surface area contributed by atoms with Crippen molar-refractivity contribution in [3.8, 4) is 0 Å². The van der Waals surface area contributed by atoms with Crippen molar-refractivity contribution in [1.29, 1.82) is 0 Å². The van der Waals surface area contributed by atoms with Crippen LogP contribution in [0.1, 0.15) is 117 Å². The summed E-state index contributed by atoms with van der Waals surface area (Å²) in [6.45, 7) is 7.16. The number of hydrogen-bond donors (Lipinski definition) is 0. The first-order valence-electron chi connectivity index (χ1n) is 10.5. The van der Waals surface area contributed by atoms with Gasteiger partial charge in [0.2, 0.25) is 0 Å². The van der Waals surface area contributed by atoms with Gasteiger partial charge in [0.25, 0.3) is 0 Å². The normalized spacial score (nSPS) is 11.5. The molecule has 0 aliphatic carbocycles. The van der Waals surface area contributed by atoms with Gasteiger partial charge in [-0.2, -0.15) is 0 Å². The van der Waals surface area contributed by atoms with Crippen molar-refractivity contribution in [2.45, 2.75) is 117 Å². The van der Waals surface area contributed by atoms with E-state index in [2.05, 4.69) is 25.8 Å². The predicted molar refractivity (Wildman–Crippen MR) is 103 cm³/mol. The molecule has 0 heterocycles. The average molecular weight is 312 g/mol. The van der Waals surface area contributed by atoms with Crippen molar-refractivity contribution in [2.24, 2.45) is 0 Å². The fourth-order valence-corrected chi connectivity index (χ4v) is 3.12. The van der Waals surface area contributed by atoms with Crippen molar-refractivity contribution < 1.29 is 0 Å². The molecule has 134 valence electrons. The summed E-state index contributed by atoms with van der Waals surface area (Å²) in [5.41, 5.74) is 0. The molecule has 22 heavy (non-hydrogen) atoms. The molecule has 0 fully saturated rings. The third kappa shape index (κ3) is 18.0. The maximum atomic E-state index is 2.50. The zero-order valence-electron chi connectivity index (χ0n) is 16.2. The monoisotopic (exact) mass is 311 g/mol. The molecule has 0 radical (unpaired) electrons. The second-order valence-corrected chi connectivity index (χ2v) is 7.25. The molecule has 1 heteroatoms. The van der Waals surface area contributed by atoms with Gasteiger partial charge in [0.1, 0.15) is 0 Å². The Morgan fingerprint density at radius 3 is 1.14 bits per heavy atom. The first-order chi connectivity index (χ1) is 10.8. The summed E-state index contributed by atoms with van der Waals surface area (Å²) in [5.74, 6) is 0. The molecule has 0 aromatic rings. The molecule has 0 aliphatic heterocycles. The van der Waals surface area contributed by atoms with Crippen LogP contribution in [0.15, 0.2) is 0 Å². The molecule has 0 aliphatic rings. The first-order valence-corrected chi connectivity index (χ1v) is 10.5. The average Bonchev–Trinajstić information content (AvgIpc) is 2.53. The molecule has 0 unspecified atom stereocenters. The van der Waals surface area contributed by atoms with E-state index < -0.39 is 0 Å². The lowest BCUT2D eigenvalue weighted by Crippen LogP contribution is -2.20. The molecule has 0 rings (SSSR count). The maximum Gasteiger partial charge on any atom is -0.00218 e. The number of unbranched alkanes of at least 4 members (excludes halogenated alkanes) is 14. The quantitative estimate of drug-likeness (QED) is 0.242. The summed E-state index contributed by atoms with van der Waals surface area (Å²) >= 11 is 0. The molecule has 0 N–H and O–H groups in total. The third-order valence-electron chi connectivity index (χ3n) is 4.79. The van der Waals surface area contributed by atoms with Crippen molar-refractivity contribution >= 4 is 0 Å². The minimum absolute atomic E-state index is 1.29. The van der Waals surface area contributed by atoms with E-state index in [0.29, 0.717) is 0 Å². The van der Waals surface area contributed by atoms with Gasteiger partial charge in [0.05, 0.1) is 0 Å². The second kappa shape index (κ2) is 19.0. The molecule has 0 aromatic heterocycles. The minimum Gasteiger partial charge on any atom is -0.306 e. The van der Waals surface area contributed by atoms with Crippen molar-refractivity contribution in [2.75, 3.05) is 20.1 Å². The van der Waals surface area contributed by atoms with Crippen LogP contribution >= 0.6 is 0 Å². The van der Waals surface area contributed by atoms with E-state index in [1.807, 2.05) is 0 Å². The van der Waals surface area contributed by atoms with Crippen LogP contribution in [0.25, 0.3) is 0 Å². The van der Waals surface area contributed by atoms with E-state index in [-0.39, 0.29) is 0 Å². The Morgan fingerprint density at radius 2 is 0.727 bits per heavy atom. The van der Waals surface area contributed by atoms with E-state index in [1.165, 1.54) is 116 Å². The lowest BCUT2D eigenvalue weighted by molar-refractivity contribution is 0.318. The van der Waals surface area contributed by atoms with Crippen LogP contribution in [-0.4, -0.2) is 25.0 Å². The predicted octanol–water partition coefficient (Wildman–Crippen LogP) is 7.20. The molecular weight excluding hydrogens is 266 g/mol. The molecule has 0 bridgehead atoms. The first kappa shape index (κ1) is 22.0. The Bertz CT molecular complexity index is 190. The number of nitrogens with zero attached hydrogens (tertiary/aromatic N) is 1. The molecule has 0 spiro atoms. The minimum atomic E-state index is 1.29. The van der Waals surface area contributed by atoms with Gasteiger partial charge in [0, 0.05) is 0 Å². The van der Waals surface area contributed by atoms with Gasteiger partial charge in [-0.3, -0.25) is 0 Å². The summed E-state index contributed by atoms with van der Waals surface area (Å²) < 4.78 is 0. The Morgan fingerprint density at radius 1 is 0.409 bits per heavy atom. The Balaban J connectivity index is 3.02. The SMILES string of the molecule is CCCCCCCCCCCCCCCCN(C)CCCC. The largest absolute Gasteiger partial charge is 0.306 e. The number of hydrogen-bond acceptors (Lipinski definition) is 1. The summed E-state index contributed by atoms with van der Waals surface area (Å²) in [5, 5.41) is 0. The van der Waals surface area contributed by atoms with Crippen LogP contribution in [0.2, 0.25) is 0 Å². The lowest BCUT2D eigenvalue weighted by Gasteiger charge is -2.15. The van der Waals surface area contributed by atoms with Crippen LogP contribution in [0.5, 0.6) is 0 Å². The van der Waals surface area contributed by atoms with E-state index in [9.17, 15) is 0 Å². The summed E-state index contributed by atoms with van der Waals surface area (Å²) in [4.78, 5) is 2.50. The highest BCUT2D eigenvalue weighted by molar-refractivity contribution is 4.53. The van der Waals surface area contributed by atoms with Gasteiger partial charge < -0.3 is 4.90 Å². The van der Waals surface area contributed by atoms with Gasteiger partial charge in [-0.05, 0) is 33.0 Å². The maximum absolute atomic E-state index is 2.50. The fourth-order valence-electron chi connectivity index (χ4n) is 3.12. The van der Waals surface area contributed by atoms with E-state index in [1.54, 1.807) is 0 Å². The Labute approximate surface area is 142 Å². The van der Waals surface area contributed by atoms with Gasteiger partial charge in [-0.1, -0.05) is 104 Å². The third-order valence-corrected chi connectivity index (χ3v) is 4.79. The van der Waals surface area contributed by atoms with Crippen LogP contribution in [0.4, 0.5) is 0 Å². The molecular formula is C21H45N. The zero-order chi connectivity index (χ0) is 16.3. The van der Waals surface area contributed by atoms with E-state index >= 15 is 0 Å².